The minimum Gasteiger partial charge on any atom is -0.306 e. The van der Waals surface area contributed by atoms with Gasteiger partial charge in [-0.05, 0) is 11.3 Å². The average Bonchev–Trinajstić information content (AvgIpc) is 1.86. The van der Waals surface area contributed by atoms with Gasteiger partial charge in [0.1, 0.15) is 0 Å². The standard InChI is InChI=1S/C8H18O2S/c1-5-8(3,4)7(2)6-11(9)10/h7H,5-6H2,1-4H3,(H,9,10). The van der Waals surface area contributed by atoms with Crippen molar-refractivity contribution in [3.8, 4) is 0 Å². The third-order valence-electron chi connectivity index (χ3n) is 2.64. The van der Waals surface area contributed by atoms with Crippen LogP contribution in [0.3, 0.4) is 0 Å². The third-order valence-corrected chi connectivity index (χ3v) is 3.42. The smallest absolute Gasteiger partial charge is 0.153 e. The Morgan fingerprint density at radius 2 is 2.00 bits per heavy atom. The summed E-state index contributed by atoms with van der Waals surface area (Å²) in [5, 5.41) is 0. The molecule has 0 aromatic rings. The molecular weight excluding hydrogens is 160 g/mol. The molecule has 0 spiro atoms. The summed E-state index contributed by atoms with van der Waals surface area (Å²) in [6, 6.07) is 0. The fourth-order valence-corrected chi connectivity index (χ4v) is 1.67. The minimum absolute atomic E-state index is 0.179. The Morgan fingerprint density at radius 1 is 1.55 bits per heavy atom. The van der Waals surface area contributed by atoms with E-state index in [-0.39, 0.29) is 5.41 Å². The van der Waals surface area contributed by atoms with E-state index >= 15 is 0 Å². The molecule has 2 nitrogen and oxygen atoms in total. The molecule has 1 N–H and O–H groups in total. The summed E-state index contributed by atoms with van der Waals surface area (Å²) in [6.07, 6.45) is 1.05. The van der Waals surface area contributed by atoms with Crippen LogP contribution >= 0.6 is 0 Å². The molecule has 0 bridgehead atoms. The van der Waals surface area contributed by atoms with Crippen LogP contribution in [0.15, 0.2) is 0 Å². The van der Waals surface area contributed by atoms with Crippen LogP contribution in [0.5, 0.6) is 0 Å². The minimum atomic E-state index is -1.64. The quantitative estimate of drug-likeness (QED) is 0.671. The Bertz CT molecular complexity index is 143. The fourth-order valence-electron chi connectivity index (χ4n) is 0.788. The molecule has 0 aromatic carbocycles. The van der Waals surface area contributed by atoms with Crippen molar-refractivity contribution in [2.24, 2.45) is 11.3 Å². The highest BCUT2D eigenvalue weighted by Gasteiger charge is 2.24. The molecule has 0 rings (SSSR count). The van der Waals surface area contributed by atoms with Crippen LogP contribution in [0.2, 0.25) is 0 Å². The molecule has 0 heterocycles. The van der Waals surface area contributed by atoms with E-state index in [0.29, 0.717) is 11.7 Å². The van der Waals surface area contributed by atoms with Gasteiger partial charge in [0.15, 0.2) is 11.1 Å². The molecule has 0 aliphatic carbocycles. The summed E-state index contributed by atoms with van der Waals surface area (Å²) in [5.74, 6) is 0.694. The van der Waals surface area contributed by atoms with Crippen LogP contribution in [0.25, 0.3) is 0 Å². The molecule has 68 valence electrons. The zero-order chi connectivity index (χ0) is 9.07. The van der Waals surface area contributed by atoms with Gasteiger partial charge in [0.05, 0.1) is 5.75 Å². The lowest BCUT2D eigenvalue weighted by Gasteiger charge is -2.29. The molecule has 2 unspecified atom stereocenters. The van der Waals surface area contributed by atoms with Crippen molar-refractivity contribution in [1.29, 1.82) is 0 Å². The Kier molecular flexibility index (Phi) is 4.26. The molecule has 11 heavy (non-hydrogen) atoms. The van der Waals surface area contributed by atoms with Gasteiger partial charge in [-0.2, -0.15) is 0 Å². The van der Waals surface area contributed by atoms with Gasteiger partial charge < -0.3 is 4.55 Å². The van der Waals surface area contributed by atoms with Crippen LogP contribution in [0, 0.1) is 11.3 Å². The van der Waals surface area contributed by atoms with Gasteiger partial charge in [0.25, 0.3) is 0 Å². The highest BCUT2D eigenvalue weighted by atomic mass is 32.2. The molecule has 0 aliphatic heterocycles. The summed E-state index contributed by atoms with van der Waals surface area (Å²) in [7, 11) is 0. The first-order chi connectivity index (χ1) is 4.90. The second-order valence-corrected chi connectivity index (χ2v) is 4.71. The lowest BCUT2D eigenvalue weighted by Crippen LogP contribution is -2.25. The Morgan fingerprint density at radius 3 is 2.27 bits per heavy atom. The molecule has 2 atom stereocenters. The highest BCUT2D eigenvalue weighted by molar-refractivity contribution is 7.79. The van der Waals surface area contributed by atoms with Crippen molar-refractivity contribution < 1.29 is 8.76 Å². The number of hydrogen-bond acceptors (Lipinski definition) is 1. The normalized spacial score (nSPS) is 17.9. The third kappa shape index (κ3) is 3.87. The molecule has 0 aromatic heterocycles. The van der Waals surface area contributed by atoms with E-state index in [0.717, 1.165) is 6.42 Å². The first kappa shape index (κ1) is 11.1. The van der Waals surface area contributed by atoms with Crippen molar-refractivity contribution in [2.45, 2.75) is 34.1 Å². The zero-order valence-electron chi connectivity index (χ0n) is 7.76. The molecule has 0 amide bonds. The second kappa shape index (κ2) is 4.21. The van der Waals surface area contributed by atoms with E-state index in [4.69, 9.17) is 4.55 Å². The van der Waals surface area contributed by atoms with Crippen LogP contribution < -0.4 is 0 Å². The predicted molar refractivity (Wildman–Crippen MR) is 48.9 cm³/mol. The average molecular weight is 178 g/mol. The molecule has 0 radical (unpaired) electrons. The van der Waals surface area contributed by atoms with Gasteiger partial charge in [-0.1, -0.05) is 34.1 Å². The van der Waals surface area contributed by atoms with Gasteiger partial charge in [0.2, 0.25) is 0 Å². The first-order valence-corrected chi connectivity index (χ1v) is 5.25. The maximum atomic E-state index is 10.5. The van der Waals surface area contributed by atoms with Gasteiger partial charge in [0, 0.05) is 0 Å². The van der Waals surface area contributed by atoms with Crippen LogP contribution in [0.4, 0.5) is 0 Å². The summed E-state index contributed by atoms with van der Waals surface area (Å²) in [4.78, 5) is 0. The number of hydrogen-bond donors (Lipinski definition) is 1. The van der Waals surface area contributed by atoms with Crippen molar-refractivity contribution in [3.05, 3.63) is 0 Å². The summed E-state index contributed by atoms with van der Waals surface area (Å²) >= 11 is -1.64. The van der Waals surface area contributed by atoms with Gasteiger partial charge in [-0.15, -0.1) is 0 Å². The van der Waals surface area contributed by atoms with E-state index in [1.807, 2.05) is 6.92 Å². The molecule has 0 saturated heterocycles. The Labute approximate surface area is 71.7 Å². The van der Waals surface area contributed by atoms with Crippen molar-refractivity contribution in [3.63, 3.8) is 0 Å². The largest absolute Gasteiger partial charge is 0.306 e. The lowest BCUT2D eigenvalue weighted by atomic mass is 9.79. The van der Waals surface area contributed by atoms with Gasteiger partial charge in [-0.25, -0.2) is 4.21 Å². The fraction of sp³-hybridized carbons (Fsp3) is 1.00. The molecule has 0 saturated carbocycles. The van der Waals surface area contributed by atoms with Gasteiger partial charge >= 0.3 is 0 Å². The topological polar surface area (TPSA) is 37.3 Å². The molecule has 0 aliphatic rings. The van der Waals surface area contributed by atoms with Crippen LogP contribution in [-0.2, 0) is 11.1 Å². The SMILES string of the molecule is CCC(C)(C)C(C)CS(=O)O. The summed E-state index contributed by atoms with van der Waals surface area (Å²) in [5.41, 5.74) is 0.179. The molecular formula is C8H18O2S. The van der Waals surface area contributed by atoms with E-state index in [1.165, 1.54) is 0 Å². The Balaban J connectivity index is 4.01. The van der Waals surface area contributed by atoms with E-state index in [1.54, 1.807) is 0 Å². The number of rotatable bonds is 4. The first-order valence-electron chi connectivity index (χ1n) is 3.97. The van der Waals surface area contributed by atoms with Crippen molar-refractivity contribution in [2.75, 3.05) is 5.75 Å². The zero-order valence-corrected chi connectivity index (χ0v) is 8.57. The highest BCUT2D eigenvalue weighted by Crippen LogP contribution is 2.30. The maximum Gasteiger partial charge on any atom is 0.153 e. The molecule has 3 heteroatoms. The van der Waals surface area contributed by atoms with Crippen LogP contribution in [0.1, 0.15) is 34.1 Å². The predicted octanol–water partition coefficient (Wildman–Crippen LogP) is 2.28. The van der Waals surface area contributed by atoms with E-state index in [9.17, 15) is 4.21 Å². The van der Waals surface area contributed by atoms with Gasteiger partial charge in [-0.3, -0.25) is 0 Å². The summed E-state index contributed by atoms with van der Waals surface area (Å²) < 4.78 is 19.1. The maximum absolute atomic E-state index is 10.5. The van der Waals surface area contributed by atoms with Crippen LogP contribution in [-0.4, -0.2) is 14.5 Å². The lowest BCUT2D eigenvalue weighted by molar-refractivity contribution is 0.241. The van der Waals surface area contributed by atoms with E-state index in [2.05, 4.69) is 20.8 Å². The monoisotopic (exact) mass is 178 g/mol. The van der Waals surface area contributed by atoms with Crippen molar-refractivity contribution >= 4 is 11.1 Å². The van der Waals surface area contributed by atoms with E-state index < -0.39 is 11.1 Å². The summed E-state index contributed by atoms with van der Waals surface area (Å²) in [6.45, 7) is 8.39. The van der Waals surface area contributed by atoms with Crippen molar-refractivity contribution in [1.82, 2.24) is 0 Å². The molecule has 0 fully saturated rings. The Hall–Kier alpha value is 0.110. The second-order valence-electron chi connectivity index (χ2n) is 3.73.